The lowest BCUT2D eigenvalue weighted by Crippen LogP contribution is -2.51. The van der Waals surface area contributed by atoms with Gasteiger partial charge in [0.1, 0.15) is 11.8 Å². The van der Waals surface area contributed by atoms with Crippen molar-refractivity contribution in [1.29, 1.82) is 0 Å². The third kappa shape index (κ3) is 1.75. The number of hydrogen-bond donors (Lipinski definition) is 2. The molecule has 1 aromatic heterocycles. The summed E-state index contributed by atoms with van der Waals surface area (Å²) in [6.07, 6.45) is 1.91. The summed E-state index contributed by atoms with van der Waals surface area (Å²) < 4.78 is 10.4. The summed E-state index contributed by atoms with van der Waals surface area (Å²) in [6.45, 7) is 0.947. The fourth-order valence-electron chi connectivity index (χ4n) is 1.80. The number of hydrogen-bond acceptors (Lipinski definition) is 4. The summed E-state index contributed by atoms with van der Waals surface area (Å²) in [5.41, 5.74) is 5.18. The summed E-state index contributed by atoms with van der Waals surface area (Å²) in [5.74, 6) is -0.238. The van der Waals surface area contributed by atoms with Gasteiger partial charge in [-0.15, -0.1) is 0 Å². The van der Waals surface area contributed by atoms with Crippen molar-refractivity contribution in [2.45, 2.75) is 17.9 Å². The quantitative estimate of drug-likeness (QED) is 0.750. The van der Waals surface area contributed by atoms with Gasteiger partial charge < -0.3 is 20.0 Å². The maximum absolute atomic E-state index is 10.7. The number of aliphatic carboxylic acids is 1. The van der Waals surface area contributed by atoms with Gasteiger partial charge in [-0.1, -0.05) is 0 Å². The van der Waals surface area contributed by atoms with E-state index in [4.69, 9.17) is 20.0 Å². The molecule has 1 unspecified atom stereocenters. The SMILES string of the molecule is NC(CC1(c2ccco2)COC1)C(=O)O. The second-order valence-electron chi connectivity index (χ2n) is 3.90. The number of rotatable bonds is 4. The predicted molar refractivity (Wildman–Crippen MR) is 51.4 cm³/mol. The van der Waals surface area contributed by atoms with E-state index in [0.29, 0.717) is 19.6 Å². The minimum Gasteiger partial charge on any atom is -0.480 e. The van der Waals surface area contributed by atoms with Crippen LogP contribution >= 0.6 is 0 Å². The van der Waals surface area contributed by atoms with E-state index in [0.717, 1.165) is 5.76 Å². The number of nitrogens with two attached hydrogens (primary N) is 1. The largest absolute Gasteiger partial charge is 0.480 e. The zero-order valence-electron chi connectivity index (χ0n) is 8.18. The average molecular weight is 211 g/mol. The summed E-state index contributed by atoms with van der Waals surface area (Å²) in [7, 11) is 0. The molecule has 2 rings (SSSR count). The Labute approximate surface area is 86.8 Å². The maximum Gasteiger partial charge on any atom is 0.320 e. The number of carboxylic acid groups (broad SMARTS) is 1. The second-order valence-corrected chi connectivity index (χ2v) is 3.90. The highest BCUT2D eigenvalue weighted by molar-refractivity contribution is 5.73. The topological polar surface area (TPSA) is 85.7 Å². The van der Waals surface area contributed by atoms with Crippen molar-refractivity contribution >= 4 is 5.97 Å². The molecule has 15 heavy (non-hydrogen) atoms. The van der Waals surface area contributed by atoms with Crippen LogP contribution in [0.15, 0.2) is 22.8 Å². The highest BCUT2D eigenvalue weighted by Crippen LogP contribution is 2.36. The molecule has 0 aliphatic carbocycles. The Hall–Kier alpha value is -1.33. The van der Waals surface area contributed by atoms with Crippen molar-refractivity contribution in [1.82, 2.24) is 0 Å². The molecular weight excluding hydrogens is 198 g/mol. The number of ether oxygens (including phenoxy) is 1. The Morgan fingerprint density at radius 3 is 2.80 bits per heavy atom. The first-order chi connectivity index (χ1) is 7.14. The minimum absolute atomic E-state index is 0.343. The molecule has 0 aromatic carbocycles. The van der Waals surface area contributed by atoms with Crippen LogP contribution in [0.3, 0.4) is 0 Å². The van der Waals surface area contributed by atoms with Crippen LogP contribution in [-0.4, -0.2) is 30.3 Å². The van der Waals surface area contributed by atoms with E-state index in [2.05, 4.69) is 0 Å². The first kappa shape index (κ1) is 10.2. The van der Waals surface area contributed by atoms with Crippen LogP contribution in [-0.2, 0) is 14.9 Å². The predicted octanol–water partition coefficient (Wildman–Crippen LogP) is 0.350. The number of furan rings is 1. The summed E-state index contributed by atoms with van der Waals surface area (Å²) in [6, 6.07) is 2.73. The van der Waals surface area contributed by atoms with Crippen molar-refractivity contribution in [2.75, 3.05) is 13.2 Å². The minimum atomic E-state index is -0.993. The molecule has 1 atom stereocenters. The van der Waals surface area contributed by atoms with E-state index in [9.17, 15) is 4.79 Å². The van der Waals surface area contributed by atoms with Crippen LogP contribution in [0.25, 0.3) is 0 Å². The zero-order chi connectivity index (χ0) is 10.9. The van der Waals surface area contributed by atoms with Crippen LogP contribution in [0, 0.1) is 0 Å². The molecule has 0 radical (unpaired) electrons. The fraction of sp³-hybridized carbons (Fsp3) is 0.500. The van der Waals surface area contributed by atoms with Crippen molar-refractivity contribution in [2.24, 2.45) is 5.73 Å². The normalized spacial score (nSPS) is 20.6. The van der Waals surface area contributed by atoms with Gasteiger partial charge in [0.05, 0.1) is 24.9 Å². The van der Waals surface area contributed by atoms with E-state index >= 15 is 0 Å². The molecule has 3 N–H and O–H groups in total. The van der Waals surface area contributed by atoms with Crippen molar-refractivity contribution in [3.05, 3.63) is 24.2 Å². The monoisotopic (exact) mass is 211 g/mol. The molecule has 1 aromatic rings. The summed E-state index contributed by atoms with van der Waals surface area (Å²) in [4.78, 5) is 10.7. The lowest BCUT2D eigenvalue weighted by molar-refractivity contribution is -0.141. The molecule has 1 aliphatic rings. The first-order valence-corrected chi connectivity index (χ1v) is 4.74. The third-order valence-electron chi connectivity index (χ3n) is 2.73. The van der Waals surface area contributed by atoms with Gasteiger partial charge in [-0.3, -0.25) is 4.79 Å². The van der Waals surface area contributed by atoms with Crippen molar-refractivity contribution in [3.8, 4) is 0 Å². The van der Waals surface area contributed by atoms with Crippen molar-refractivity contribution in [3.63, 3.8) is 0 Å². The standard InChI is InChI=1S/C10H13NO4/c11-7(9(12)13)4-10(5-14-6-10)8-2-1-3-15-8/h1-3,7H,4-6,11H2,(H,12,13). The first-order valence-electron chi connectivity index (χ1n) is 4.74. The van der Waals surface area contributed by atoms with Gasteiger partial charge in [-0.25, -0.2) is 0 Å². The molecule has 82 valence electrons. The number of carbonyl (C=O) groups is 1. The Bertz CT molecular complexity index is 342. The molecule has 0 bridgehead atoms. The molecule has 5 nitrogen and oxygen atoms in total. The Balaban J connectivity index is 2.13. The Morgan fingerprint density at radius 1 is 1.67 bits per heavy atom. The van der Waals surface area contributed by atoms with Crippen LogP contribution in [0.4, 0.5) is 0 Å². The average Bonchev–Trinajstić information content (AvgIpc) is 2.63. The third-order valence-corrected chi connectivity index (χ3v) is 2.73. The van der Waals surface area contributed by atoms with E-state index < -0.39 is 12.0 Å². The molecule has 1 saturated heterocycles. The van der Waals surface area contributed by atoms with Gasteiger partial charge in [0, 0.05) is 0 Å². The molecule has 0 saturated carbocycles. The van der Waals surface area contributed by atoms with Crippen LogP contribution in [0.1, 0.15) is 12.2 Å². The van der Waals surface area contributed by atoms with Gasteiger partial charge in [0.2, 0.25) is 0 Å². The van der Waals surface area contributed by atoms with E-state index in [1.54, 1.807) is 12.3 Å². The molecule has 1 fully saturated rings. The molecule has 1 aliphatic heterocycles. The van der Waals surface area contributed by atoms with Gasteiger partial charge >= 0.3 is 5.97 Å². The van der Waals surface area contributed by atoms with E-state index in [1.807, 2.05) is 6.07 Å². The van der Waals surface area contributed by atoms with Crippen LogP contribution in [0.2, 0.25) is 0 Å². The number of carboxylic acids is 1. The molecule has 0 amide bonds. The highest BCUT2D eigenvalue weighted by Gasteiger charge is 2.45. The summed E-state index contributed by atoms with van der Waals surface area (Å²) >= 11 is 0. The Morgan fingerprint density at radius 2 is 2.40 bits per heavy atom. The molecule has 5 heteroatoms. The van der Waals surface area contributed by atoms with E-state index in [1.165, 1.54) is 0 Å². The van der Waals surface area contributed by atoms with Crippen LogP contribution < -0.4 is 5.73 Å². The zero-order valence-corrected chi connectivity index (χ0v) is 8.18. The van der Waals surface area contributed by atoms with Gasteiger partial charge in [0.15, 0.2) is 0 Å². The lowest BCUT2D eigenvalue weighted by Gasteiger charge is -2.40. The molecule has 2 heterocycles. The maximum atomic E-state index is 10.7. The molecular formula is C10H13NO4. The Kier molecular flexibility index (Phi) is 2.50. The van der Waals surface area contributed by atoms with E-state index in [-0.39, 0.29) is 5.41 Å². The smallest absolute Gasteiger partial charge is 0.320 e. The fourth-order valence-corrected chi connectivity index (χ4v) is 1.80. The van der Waals surface area contributed by atoms with Crippen LogP contribution in [0.5, 0.6) is 0 Å². The van der Waals surface area contributed by atoms with Crippen molar-refractivity contribution < 1.29 is 19.1 Å². The lowest BCUT2D eigenvalue weighted by atomic mass is 9.77. The van der Waals surface area contributed by atoms with Gasteiger partial charge in [0.25, 0.3) is 0 Å². The van der Waals surface area contributed by atoms with Gasteiger partial charge in [-0.2, -0.15) is 0 Å². The highest BCUT2D eigenvalue weighted by atomic mass is 16.5. The summed E-state index contributed by atoms with van der Waals surface area (Å²) in [5, 5.41) is 8.77. The van der Waals surface area contributed by atoms with Gasteiger partial charge in [-0.05, 0) is 18.6 Å². The second kappa shape index (κ2) is 3.67. The molecule has 0 spiro atoms.